The van der Waals surface area contributed by atoms with E-state index in [0.29, 0.717) is 12.4 Å². The van der Waals surface area contributed by atoms with Gasteiger partial charge in [0, 0.05) is 12.6 Å². The van der Waals surface area contributed by atoms with Crippen molar-refractivity contribution in [3.63, 3.8) is 0 Å². The van der Waals surface area contributed by atoms with Crippen LogP contribution in [0.5, 0.6) is 11.5 Å². The third kappa shape index (κ3) is 3.58. The molecule has 0 aromatic heterocycles. The van der Waals surface area contributed by atoms with Gasteiger partial charge in [0.25, 0.3) is 0 Å². The third-order valence-electron chi connectivity index (χ3n) is 3.66. The van der Waals surface area contributed by atoms with Crippen LogP contribution >= 0.6 is 0 Å². The van der Waals surface area contributed by atoms with E-state index in [4.69, 9.17) is 15.2 Å². The van der Waals surface area contributed by atoms with E-state index in [2.05, 4.69) is 4.99 Å². The van der Waals surface area contributed by atoms with Gasteiger partial charge in [0.2, 0.25) is 0 Å². The summed E-state index contributed by atoms with van der Waals surface area (Å²) in [5, 5.41) is 0. The van der Waals surface area contributed by atoms with E-state index in [1.54, 1.807) is 14.2 Å². The first-order chi connectivity index (χ1) is 10.5. The van der Waals surface area contributed by atoms with Gasteiger partial charge in [-0.05, 0) is 60.9 Å². The van der Waals surface area contributed by atoms with Crippen LogP contribution < -0.4 is 15.2 Å². The van der Waals surface area contributed by atoms with Crippen LogP contribution in [0.2, 0.25) is 0 Å². The van der Waals surface area contributed by atoms with Gasteiger partial charge in [-0.2, -0.15) is 0 Å². The van der Waals surface area contributed by atoms with Gasteiger partial charge in [-0.1, -0.05) is 6.07 Å². The summed E-state index contributed by atoms with van der Waals surface area (Å²) in [7, 11) is 3.35. The van der Waals surface area contributed by atoms with Crippen LogP contribution in [0.1, 0.15) is 22.3 Å². The van der Waals surface area contributed by atoms with Crippen LogP contribution in [0.15, 0.2) is 41.4 Å². The van der Waals surface area contributed by atoms with Crippen LogP contribution in [0.25, 0.3) is 0 Å². The Bertz CT molecular complexity index is 693. The van der Waals surface area contributed by atoms with Crippen molar-refractivity contribution in [1.82, 2.24) is 0 Å². The van der Waals surface area contributed by atoms with Crippen molar-refractivity contribution in [2.45, 2.75) is 20.5 Å². The van der Waals surface area contributed by atoms with Crippen LogP contribution in [-0.4, -0.2) is 20.0 Å². The normalized spacial score (nSPS) is 11.4. The average Bonchev–Trinajstić information content (AvgIpc) is 2.53. The van der Waals surface area contributed by atoms with Gasteiger partial charge in [0.05, 0.1) is 7.11 Å². The number of methoxy groups -OCH3 is 1. The van der Waals surface area contributed by atoms with Gasteiger partial charge in [-0.15, -0.1) is 0 Å². The highest BCUT2D eigenvalue weighted by molar-refractivity contribution is 5.98. The second kappa shape index (κ2) is 6.98. The molecule has 0 unspecified atom stereocenters. The minimum atomic E-state index is 0.520. The molecule has 4 nitrogen and oxygen atoms in total. The second-order valence-electron chi connectivity index (χ2n) is 5.17. The van der Waals surface area contributed by atoms with Crippen molar-refractivity contribution in [3.8, 4) is 11.5 Å². The number of hydrogen-bond donors (Lipinski definition) is 1. The van der Waals surface area contributed by atoms with Crippen molar-refractivity contribution in [1.29, 1.82) is 0 Å². The SMILES string of the molecule is CN=C(N)c1ccc(OCc2ccc(OC)cc2C)cc1C. The molecule has 0 atom stereocenters. The quantitative estimate of drug-likeness (QED) is 0.681. The molecule has 22 heavy (non-hydrogen) atoms. The molecule has 116 valence electrons. The molecule has 0 saturated carbocycles. The minimum Gasteiger partial charge on any atom is -0.497 e. The number of benzene rings is 2. The van der Waals surface area contributed by atoms with E-state index in [-0.39, 0.29) is 0 Å². The molecule has 4 heteroatoms. The van der Waals surface area contributed by atoms with Gasteiger partial charge in [-0.3, -0.25) is 4.99 Å². The summed E-state index contributed by atoms with van der Waals surface area (Å²) in [6, 6.07) is 11.8. The fourth-order valence-electron chi connectivity index (χ4n) is 2.25. The maximum absolute atomic E-state index is 5.87. The molecule has 2 aromatic rings. The van der Waals surface area contributed by atoms with Crippen molar-refractivity contribution < 1.29 is 9.47 Å². The summed E-state index contributed by atoms with van der Waals surface area (Å²) >= 11 is 0. The van der Waals surface area contributed by atoms with E-state index >= 15 is 0 Å². The van der Waals surface area contributed by atoms with Crippen LogP contribution in [0, 0.1) is 13.8 Å². The van der Waals surface area contributed by atoms with E-state index < -0.39 is 0 Å². The Morgan fingerprint density at radius 2 is 1.73 bits per heavy atom. The lowest BCUT2D eigenvalue weighted by atomic mass is 10.1. The predicted octanol–water partition coefficient (Wildman–Crippen LogP) is 3.23. The zero-order chi connectivity index (χ0) is 16.1. The zero-order valence-corrected chi connectivity index (χ0v) is 13.5. The minimum absolute atomic E-state index is 0.520. The summed E-state index contributed by atoms with van der Waals surface area (Å²) in [5.41, 5.74) is 10.1. The molecular weight excluding hydrogens is 276 g/mol. The molecule has 0 spiro atoms. The molecule has 0 aliphatic carbocycles. The molecule has 0 bridgehead atoms. The van der Waals surface area contributed by atoms with Gasteiger partial charge in [0.15, 0.2) is 0 Å². The Hall–Kier alpha value is -2.49. The highest BCUT2D eigenvalue weighted by Gasteiger charge is 2.06. The van der Waals surface area contributed by atoms with E-state index in [0.717, 1.165) is 33.8 Å². The Balaban J connectivity index is 2.10. The van der Waals surface area contributed by atoms with Crippen LogP contribution in [-0.2, 0) is 6.61 Å². The second-order valence-corrected chi connectivity index (χ2v) is 5.17. The lowest BCUT2D eigenvalue weighted by Gasteiger charge is -2.12. The maximum atomic E-state index is 5.87. The summed E-state index contributed by atoms with van der Waals surface area (Å²) < 4.78 is 11.1. The Morgan fingerprint density at radius 1 is 1.05 bits per heavy atom. The van der Waals surface area contributed by atoms with Crippen molar-refractivity contribution in [2.24, 2.45) is 10.7 Å². The number of nitrogens with zero attached hydrogens (tertiary/aromatic N) is 1. The fraction of sp³-hybridized carbons (Fsp3) is 0.278. The molecule has 0 aliphatic heterocycles. The average molecular weight is 298 g/mol. The smallest absolute Gasteiger partial charge is 0.125 e. The molecule has 0 heterocycles. The van der Waals surface area contributed by atoms with E-state index in [1.807, 2.05) is 50.2 Å². The zero-order valence-electron chi connectivity index (χ0n) is 13.5. The molecule has 2 rings (SSSR count). The molecule has 2 N–H and O–H groups in total. The number of ether oxygens (including phenoxy) is 2. The summed E-state index contributed by atoms with van der Waals surface area (Å²) in [5.74, 6) is 2.21. The molecule has 0 fully saturated rings. The van der Waals surface area contributed by atoms with Crippen molar-refractivity contribution in [2.75, 3.05) is 14.2 Å². The molecule has 2 aromatic carbocycles. The largest absolute Gasteiger partial charge is 0.497 e. The lowest BCUT2D eigenvalue weighted by Crippen LogP contribution is -2.14. The molecule has 0 saturated heterocycles. The van der Waals surface area contributed by atoms with Gasteiger partial charge < -0.3 is 15.2 Å². The number of rotatable bonds is 5. The molecule has 0 amide bonds. The summed E-state index contributed by atoms with van der Waals surface area (Å²) in [6.45, 7) is 4.57. The van der Waals surface area contributed by atoms with Crippen molar-refractivity contribution in [3.05, 3.63) is 58.7 Å². The Labute approximate surface area is 131 Å². The van der Waals surface area contributed by atoms with Gasteiger partial charge in [-0.25, -0.2) is 0 Å². The van der Waals surface area contributed by atoms with Crippen molar-refractivity contribution >= 4 is 5.84 Å². The first-order valence-corrected chi connectivity index (χ1v) is 7.14. The Morgan fingerprint density at radius 3 is 2.32 bits per heavy atom. The first-order valence-electron chi connectivity index (χ1n) is 7.14. The highest BCUT2D eigenvalue weighted by Crippen LogP contribution is 2.21. The number of aryl methyl sites for hydroxylation is 2. The fourth-order valence-corrected chi connectivity index (χ4v) is 2.25. The number of aliphatic imine (C=N–C) groups is 1. The Kier molecular flexibility index (Phi) is 5.04. The predicted molar refractivity (Wildman–Crippen MR) is 89.9 cm³/mol. The standard InChI is InChI=1S/C18H22N2O2/c1-12-9-15(21-4)6-5-14(12)11-22-16-7-8-17(13(2)10-16)18(19)20-3/h5-10H,11H2,1-4H3,(H2,19,20). The third-order valence-corrected chi connectivity index (χ3v) is 3.66. The summed E-state index contributed by atoms with van der Waals surface area (Å²) in [4.78, 5) is 4.01. The topological polar surface area (TPSA) is 56.8 Å². The number of hydrogen-bond acceptors (Lipinski definition) is 3. The monoisotopic (exact) mass is 298 g/mol. The maximum Gasteiger partial charge on any atom is 0.125 e. The highest BCUT2D eigenvalue weighted by atomic mass is 16.5. The van der Waals surface area contributed by atoms with Gasteiger partial charge >= 0.3 is 0 Å². The molecule has 0 radical (unpaired) electrons. The molecular formula is C18H22N2O2. The van der Waals surface area contributed by atoms with E-state index in [1.165, 1.54) is 0 Å². The lowest BCUT2D eigenvalue weighted by molar-refractivity contribution is 0.305. The first kappa shape index (κ1) is 15.9. The van der Waals surface area contributed by atoms with Gasteiger partial charge in [0.1, 0.15) is 23.9 Å². The van der Waals surface area contributed by atoms with Crippen LogP contribution in [0.4, 0.5) is 0 Å². The number of nitrogens with two attached hydrogens (primary N) is 1. The van der Waals surface area contributed by atoms with E-state index in [9.17, 15) is 0 Å². The number of amidine groups is 1. The summed E-state index contributed by atoms with van der Waals surface area (Å²) in [6.07, 6.45) is 0. The molecule has 0 aliphatic rings. The van der Waals surface area contributed by atoms with Crippen LogP contribution in [0.3, 0.4) is 0 Å².